The first-order chi connectivity index (χ1) is 5.81. The fourth-order valence-electron chi connectivity index (χ4n) is 1.19. The van der Waals surface area contributed by atoms with Crippen LogP contribution in [0, 0.1) is 0 Å². The van der Waals surface area contributed by atoms with Crippen LogP contribution in [-0.4, -0.2) is 10.8 Å². The number of furan rings is 1. The van der Waals surface area contributed by atoms with E-state index in [4.69, 9.17) is 4.42 Å². The van der Waals surface area contributed by atoms with Gasteiger partial charge in [-0.15, -0.1) is 0 Å². The van der Waals surface area contributed by atoms with Gasteiger partial charge in [-0.25, -0.2) is 0 Å². The minimum Gasteiger partial charge on any atom is -0.463 e. The van der Waals surface area contributed by atoms with E-state index in [9.17, 15) is 4.79 Å². The quantitative estimate of drug-likeness (QED) is 0.690. The van der Waals surface area contributed by atoms with Crippen molar-refractivity contribution in [3.8, 4) is 0 Å². The number of rotatable bonds is 2. The molecule has 0 atom stereocenters. The van der Waals surface area contributed by atoms with E-state index in [0.29, 0.717) is 12.1 Å². The molecule has 3 heteroatoms. The summed E-state index contributed by atoms with van der Waals surface area (Å²) >= 11 is 0. The number of carbonyl (C=O) groups excluding carboxylic acids is 1. The molecule has 2 heterocycles. The highest BCUT2D eigenvalue weighted by Crippen LogP contribution is 2.16. The monoisotopic (exact) mass is 163 g/mol. The summed E-state index contributed by atoms with van der Waals surface area (Å²) in [5, 5.41) is 0. The number of fused-ring (bicyclic) bond motifs is 1. The van der Waals surface area contributed by atoms with Crippen LogP contribution < -0.4 is 0 Å². The molecule has 0 aliphatic heterocycles. The Morgan fingerprint density at radius 1 is 1.67 bits per heavy atom. The number of ketones is 1. The second kappa shape index (κ2) is 2.52. The molecule has 0 amide bonds. The Morgan fingerprint density at radius 2 is 2.50 bits per heavy atom. The largest absolute Gasteiger partial charge is 0.463 e. The maximum Gasteiger partial charge on any atom is 0.178 e. The summed E-state index contributed by atoms with van der Waals surface area (Å²) in [7, 11) is 0. The molecule has 12 heavy (non-hydrogen) atoms. The Morgan fingerprint density at radius 3 is 3.17 bits per heavy atom. The first-order valence-corrected chi connectivity index (χ1v) is 3.90. The van der Waals surface area contributed by atoms with Gasteiger partial charge in [-0.1, -0.05) is 6.92 Å². The van der Waals surface area contributed by atoms with Gasteiger partial charge in [0.1, 0.15) is 0 Å². The maximum absolute atomic E-state index is 11.2. The van der Waals surface area contributed by atoms with Crippen LogP contribution in [0.25, 0.3) is 11.1 Å². The molecule has 0 aliphatic carbocycles. The molecule has 0 radical (unpaired) electrons. The predicted octanol–water partition coefficient (Wildman–Crippen LogP) is 2.35. The Balaban J connectivity index is 2.51. The van der Waals surface area contributed by atoms with Crippen LogP contribution in [0.5, 0.6) is 0 Å². The van der Waals surface area contributed by atoms with Gasteiger partial charge in [-0.3, -0.25) is 4.79 Å². The molecule has 0 saturated carbocycles. The Hall–Kier alpha value is -1.51. The van der Waals surface area contributed by atoms with Gasteiger partial charge in [-0.2, -0.15) is 0 Å². The first kappa shape index (κ1) is 7.16. The molecule has 0 spiro atoms. The lowest BCUT2D eigenvalue weighted by molar-refractivity contribution is 0.0984. The van der Waals surface area contributed by atoms with Gasteiger partial charge in [0.15, 0.2) is 11.4 Å². The van der Waals surface area contributed by atoms with E-state index in [0.717, 1.165) is 11.1 Å². The molecule has 2 aromatic heterocycles. The van der Waals surface area contributed by atoms with E-state index in [1.54, 1.807) is 12.3 Å². The highest BCUT2D eigenvalue weighted by atomic mass is 16.3. The molecule has 0 fully saturated rings. The number of hydrogen-bond donors (Lipinski definition) is 1. The molecule has 0 aliphatic rings. The summed E-state index contributed by atoms with van der Waals surface area (Å²) in [6.07, 6.45) is 2.12. The number of aromatic amines is 1. The lowest BCUT2D eigenvalue weighted by atomic mass is 10.2. The third kappa shape index (κ3) is 0.942. The van der Waals surface area contributed by atoms with Gasteiger partial charge in [0.25, 0.3) is 0 Å². The first-order valence-electron chi connectivity index (χ1n) is 3.90. The van der Waals surface area contributed by atoms with Gasteiger partial charge in [0.2, 0.25) is 0 Å². The molecule has 2 rings (SSSR count). The van der Waals surface area contributed by atoms with Gasteiger partial charge in [-0.05, 0) is 0 Å². The molecule has 0 bridgehead atoms. The summed E-state index contributed by atoms with van der Waals surface area (Å²) in [6, 6.07) is 3.54. The number of hydrogen-bond acceptors (Lipinski definition) is 2. The zero-order chi connectivity index (χ0) is 8.55. The van der Waals surface area contributed by atoms with Crippen molar-refractivity contribution < 1.29 is 9.21 Å². The second-order valence-electron chi connectivity index (χ2n) is 2.66. The zero-order valence-corrected chi connectivity index (χ0v) is 6.76. The van der Waals surface area contributed by atoms with Crippen molar-refractivity contribution in [2.45, 2.75) is 13.3 Å². The highest BCUT2D eigenvalue weighted by molar-refractivity contribution is 5.98. The highest BCUT2D eigenvalue weighted by Gasteiger charge is 2.08. The summed E-state index contributed by atoms with van der Waals surface area (Å²) in [4.78, 5) is 14.2. The van der Waals surface area contributed by atoms with Crippen LogP contribution in [-0.2, 0) is 0 Å². The SMILES string of the molecule is CCC(=O)c1cc2occc2[nH]1. The van der Waals surface area contributed by atoms with Crippen molar-refractivity contribution in [2.75, 3.05) is 0 Å². The van der Waals surface area contributed by atoms with Crippen molar-refractivity contribution in [3.63, 3.8) is 0 Å². The van der Waals surface area contributed by atoms with E-state index in [2.05, 4.69) is 4.98 Å². The molecule has 62 valence electrons. The van der Waals surface area contributed by atoms with Crippen molar-refractivity contribution in [2.24, 2.45) is 0 Å². The fourth-order valence-corrected chi connectivity index (χ4v) is 1.19. The van der Waals surface area contributed by atoms with E-state index in [-0.39, 0.29) is 5.78 Å². The van der Waals surface area contributed by atoms with Crippen LogP contribution in [0.4, 0.5) is 0 Å². The van der Waals surface area contributed by atoms with Crippen molar-refractivity contribution in [1.82, 2.24) is 4.98 Å². The normalized spacial score (nSPS) is 10.8. The maximum atomic E-state index is 11.2. The predicted molar refractivity (Wildman–Crippen MR) is 45.2 cm³/mol. The number of H-pyrrole nitrogens is 1. The Bertz CT molecular complexity index is 382. The molecular formula is C9H9NO2. The van der Waals surface area contributed by atoms with E-state index in [1.807, 2.05) is 13.0 Å². The van der Waals surface area contributed by atoms with Crippen LogP contribution >= 0.6 is 0 Å². The van der Waals surface area contributed by atoms with Crippen molar-refractivity contribution in [1.29, 1.82) is 0 Å². The standard InChI is InChI=1S/C9H9NO2/c1-2-8(11)7-5-9-6(10-7)3-4-12-9/h3-5,10H,2H2,1H3. The van der Waals surface area contributed by atoms with Gasteiger partial charge < -0.3 is 9.40 Å². The summed E-state index contributed by atoms with van der Waals surface area (Å²) in [5.41, 5.74) is 2.26. The lowest BCUT2D eigenvalue weighted by Gasteiger charge is -1.88. The zero-order valence-electron chi connectivity index (χ0n) is 6.76. The van der Waals surface area contributed by atoms with Crippen molar-refractivity contribution in [3.05, 3.63) is 24.1 Å². The average molecular weight is 163 g/mol. The third-order valence-corrected chi connectivity index (χ3v) is 1.86. The smallest absolute Gasteiger partial charge is 0.178 e. The average Bonchev–Trinajstić information content (AvgIpc) is 2.60. The second-order valence-corrected chi connectivity index (χ2v) is 2.66. The Labute approximate surface area is 69.4 Å². The number of carbonyl (C=O) groups is 1. The summed E-state index contributed by atoms with van der Waals surface area (Å²) < 4.78 is 5.11. The molecule has 3 nitrogen and oxygen atoms in total. The van der Waals surface area contributed by atoms with Crippen LogP contribution in [0.3, 0.4) is 0 Å². The number of nitrogens with one attached hydrogen (secondary N) is 1. The third-order valence-electron chi connectivity index (χ3n) is 1.86. The number of Topliss-reactive ketones (excluding diaryl/α,β-unsaturated/α-hetero) is 1. The molecule has 1 N–H and O–H groups in total. The molecule has 0 aromatic carbocycles. The minimum atomic E-state index is 0.112. The van der Waals surface area contributed by atoms with Gasteiger partial charge >= 0.3 is 0 Å². The molecule has 2 aromatic rings. The van der Waals surface area contributed by atoms with E-state index >= 15 is 0 Å². The molecule has 0 saturated heterocycles. The summed E-state index contributed by atoms with van der Waals surface area (Å²) in [6.45, 7) is 1.84. The van der Waals surface area contributed by atoms with E-state index in [1.165, 1.54) is 0 Å². The Kier molecular flexibility index (Phi) is 1.50. The van der Waals surface area contributed by atoms with Crippen molar-refractivity contribution >= 4 is 16.9 Å². The minimum absolute atomic E-state index is 0.112. The van der Waals surface area contributed by atoms with Crippen LogP contribution in [0.1, 0.15) is 23.8 Å². The summed E-state index contributed by atoms with van der Waals surface area (Å²) in [5.74, 6) is 0.112. The van der Waals surface area contributed by atoms with Gasteiger partial charge in [0.05, 0.1) is 17.5 Å². The molecule has 0 unspecified atom stereocenters. The lowest BCUT2D eigenvalue weighted by Crippen LogP contribution is -1.95. The number of aromatic nitrogens is 1. The molecular weight excluding hydrogens is 154 g/mol. The van der Waals surface area contributed by atoms with Gasteiger partial charge in [0, 0.05) is 18.6 Å². The fraction of sp³-hybridized carbons (Fsp3) is 0.222. The van der Waals surface area contributed by atoms with E-state index < -0.39 is 0 Å². The van der Waals surface area contributed by atoms with Crippen LogP contribution in [0.15, 0.2) is 22.8 Å². The van der Waals surface area contributed by atoms with Crippen LogP contribution in [0.2, 0.25) is 0 Å². The topological polar surface area (TPSA) is 46.0 Å².